The monoisotopic (exact) mass is 378 g/mol. The van der Waals surface area contributed by atoms with Crippen LogP contribution in [0.1, 0.15) is 28.0 Å². The first kappa shape index (κ1) is 17.4. The molecule has 2 aromatic heterocycles. The van der Waals surface area contributed by atoms with Gasteiger partial charge in [-0.3, -0.25) is 0 Å². The summed E-state index contributed by atoms with van der Waals surface area (Å²) in [5, 5.41) is 6.98. The molecule has 0 aliphatic carbocycles. The third kappa shape index (κ3) is 4.00. The Labute approximate surface area is 153 Å². The van der Waals surface area contributed by atoms with Crippen LogP contribution in [-0.2, 0) is 11.3 Å². The van der Waals surface area contributed by atoms with Gasteiger partial charge in [-0.2, -0.15) is 0 Å². The Hall–Kier alpha value is -2.38. The first-order valence-electron chi connectivity index (χ1n) is 7.55. The summed E-state index contributed by atoms with van der Waals surface area (Å²) in [6.45, 7) is 3.99. The second-order valence-corrected chi connectivity index (χ2v) is 6.44. The lowest BCUT2D eigenvalue weighted by atomic mass is 10.1. The minimum atomic E-state index is -0.471. The molecular formula is C17H15ClN2O4S. The highest BCUT2D eigenvalue weighted by Gasteiger charge is 2.24. The predicted octanol–water partition coefficient (Wildman–Crippen LogP) is 4.52. The van der Waals surface area contributed by atoms with Crippen LogP contribution < -0.4 is 4.74 Å². The topological polar surface area (TPSA) is 74.5 Å². The van der Waals surface area contributed by atoms with Crippen LogP contribution in [0.4, 0.5) is 0 Å². The number of ether oxygens (including phenoxy) is 2. The smallest absolute Gasteiger partial charge is 0.344 e. The van der Waals surface area contributed by atoms with E-state index in [-0.39, 0.29) is 13.2 Å². The molecule has 25 heavy (non-hydrogen) atoms. The summed E-state index contributed by atoms with van der Waals surface area (Å²) in [5.74, 6) is 0.495. The van der Waals surface area contributed by atoms with Crippen LogP contribution >= 0.6 is 22.9 Å². The molecule has 0 saturated carbocycles. The Bertz CT molecular complexity index is 890. The van der Waals surface area contributed by atoms with Gasteiger partial charge in [0.15, 0.2) is 0 Å². The fraction of sp³-hybridized carbons (Fsp3) is 0.235. The molecule has 0 spiro atoms. The lowest BCUT2D eigenvalue weighted by Gasteiger charge is -2.03. The average molecular weight is 379 g/mol. The Morgan fingerprint density at radius 1 is 1.40 bits per heavy atom. The molecule has 6 nitrogen and oxygen atoms in total. The van der Waals surface area contributed by atoms with Gasteiger partial charge in [0.25, 0.3) is 0 Å². The SMILES string of the molecule is CCOC(=O)c1c(C)noc1-c1csc(COc2cccc(Cl)c2)n1. The molecular weight excluding hydrogens is 364 g/mol. The number of esters is 1. The third-order valence-electron chi connectivity index (χ3n) is 3.29. The zero-order chi connectivity index (χ0) is 17.8. The molecule has 3 rings (SSSR count). The summed E-state index contributed by atoms with van der Waals surface area (Å²) >= 11 is 7.33. The summed E-state index contributed by atoms with van der Waals surface area (Å²) in [4.78, 5) is 16.5. The molecule has 0 radical (unpaired) electrons. The molecule has 0 saturated heterocycles. The summed E-state index contributed by atoms with van der Waals surface area (Å²) in [6, 6.07) is 7.14. The van der Waals surface area contributed by atoms with Gasteiger partial charge in [0.05, 0.1) is 12.3 Å². The molecule has 130 valence electrons. The molecule has 0 bridgehead atoms. The normalized spacial score (nSPS) is 10.7. The number of hydrogen-bond donors (Lipinski definition) is 0. The zero-order valence-electron chi connectivity index (χ0n) is 13.6. The van der Waals surface area contributed by atoms with Crippen molar-refractivity contribution in [3.05, 3.63) is 50.9 Å². The molecule has 2 heterocycles. The van der Waals surface area contributed by atoms with Crippen LogP contribution in [-0.4, -0.2) is 22.7 Å². The fourth-order valence-electron chi connectivity index (χ4n) is 2.17. The summed E-state index contributed by atoms with van der Waals surface area (Å²) < 4.78 is 16.0. The van der Waals surface area contributed by atoms with E-state index in [0.29, 0.717) is 33.5 Å². The van der Waals surface area contributed by atoms with Crippen LogP contribution in [0.3, 0.4) is 0 Å². The summed E-state index contributed by atoms with van der Waals surface area (Å²) in [7, 11) is 0. The number of halogens is 1. The summed E-state index contributed by atoms with van der Waals surface area (Å²) in [6.07, 6.45) is 0. The van der Waals surface area contributed by atoms with Gasteiger partial charge in [0.2, 0.25) is 5.76 Å². The number of carbonyl (C=O) groups is 1. The van der Waals surface area contributed by atoms with E-state index < -0.39 is 5.97 Å². The fourth-order valence-corrected chi connectivity index (χ4v) is 3.04. The maximum absolute atomic E-state index is 12.1. The molecule has 0 N–H and O–H groups in total. The van der Waals surface area contributed by atoms with Crippen molar-refractivity contribution in [2.24, 2.45) is 0 Å². The number of benzene rings is 1. The largest absolute Gasteiger partial charge is 0.486 e. The molecule has 0 unspecified atom stereocenters. The third-order valence-corrected chi connectivity index (χ3v) is 4.34. The first-order valence-corrected chi connectivity index (χ1v) is 8.80. The molecule has 0 aliphatic rings. The van der Waals surface area contributed by atoms with Crippen LogP contribution in [0.15, 0.2) is 34.2 Å². The van der Waals surface area contributed by atoms with Gasteiger partial charge in [0, 0.05) is 10.4 Å². The van der Waals surface area contributed by atoms with E-state index in [9.17, 15) is 4.79 Å². The molecule has 0 atom stereocenters. The van der Waals surface area contributed by atoms with Crippen LogP contribution in [0.5, 0.6) is 5.75 Å². The first-order chi connectivity index (χ1) is 12.1. The van der Waals surface area contributed by atoms with Gasteiger partial charge in [-0.05, 0) is 32.0 Å². The maximum Gasteiger partial charge on any atom is 0.344 e. The molecule has 0 fully saturated rings. The minimum Gasteiger partial charge on any atom is -0.486 e. The second kappa shape index (κ2) is 7.67. The number of rotatable bonds is 6. The van der Waals surface area contributed by atoms with Gasteiger partial charge in [-0.1, -0.05) is 22.8 Å². The maximum atomic E-state index is 12.1. The van der Waals surface area contributed by atoms with E-state index in [2.05, 4.69) is 10.1 Å². The highest BCUT2D eigenvalue weighted by Crippen LogP contribution is 2.29. The van der Waals surface area contributed by atoms with E-state index in [0.717, 1.165) is 5.01 Å². The van der Waals surface area contributed by atoms with E-state index >= 15 is 0 Å². The van der Waals surface area contributed by atoms with Crippen molar-refractivity contribution in [2.75, 3.05) is 6.61 Å². The van der Waals surface area contributed by atoms with Crippen molar-refractivity contribution in [1.82, 2.24) is 10.1 Å². The van der Waals surface area contributed by atoms with Crippen LogP contribution in [0.25, 0.3) is 11.5 Å². The Balaban J connectivity index is 1.77. The van der Waals surface area contributed by atoms with Gasteiger partial charge in [-0.25, -0.2) is 9.78 Å². The lowest BCUT2D eigenvalue weighted by Crippen LogP contribution is -2.06. The molecule has 3 aromatic rings. The number of nitrogens with zero attached hydrogens (tertiary/aromatic N) is 2. The molecule has 1 aromatic carbocycles. The van der Waals surface area contributed by atoms with Crippen molar-refractivity contribution in [1.29, 1.82) is 0 Å². The highest BCUT2D eigenvalue weighted by molar-refractivity contribution is 7.09. The zero-order valence-corrected chi connectivity index (χ0v) is 15.2. The van der Waals surface area contributed by atoms with Crippen molar-refractivity contribution >= 4 is 28.9 Å². The number of aryl methyl sites for hydroxylation is 1. The van der Waals surface area contributed by atoms with Crippen molar-refractivity contribution < 1.29 is 18.8 Å². The van der Waals surface area contributed by atoms with Crippen molar-refractivity contribution in [3.63, 3.8) is 0 Å². The van der Waals surface area contributed by atoms with Crippen molar-refractivity contribution in [3.8, 4) is 17.2 Å². The minimum absolute atomic E-state index is 0.276. The number of thiazole rings is 1. The molecule has 8 heteroatoms. The van der Waals surface area contributed by atoms with Crippen LogP contribution in [0.2, 0.25) is 5.02 Å². The lowest BCUT2D eigenvalue weighted by molar-refractivity contribution is 0.0526. The van der Waals surface area contributed by atoms with Crippen molar-refractivity contribution in [2.45, 2.75) is 20.5 Å². The van der Waals surface area contributed by atoms with Gasteiger partial charge in [-0.15, -0.1) is 11.3 Å². The number of carbonyl (C=O) groups excluding carboxylic acids is 1. The number of aromatic nitrogens is 2. The van der Waals surface area contributed by atoms with E-state index in [1.807, 2.05) is 12.1 Å². The van der Waals surface area contributed by atoms with Gasteiger partial charge in [0.1, 0.15) is 28.6 Å². The Morgan fingerprint density at radius 3 is 3.00 bits per heavy atom. The number of hydrogen-bond acceptors (Lipinski definition) is 7. The molecule has 0 aliphatic heterocycles. The van der Waals surface area contributed by atoms with E-state index in [4.69, 9.17) is 25.6 Å². The second-order valence-electron chi connectivity index (χ2n) is 5.07. The molecule has 0 amide bonds. The van der Waals surface area contributed by atoms with Gasteiger partial charge < -0.3 is 14.0 Å². The van der Waals surface area contributed by atoms with Crippen LogP contribution in [0, 0.1) is 6.92 Å². The summed E-state index contributed by atoms with van der Waals surface area (Å²) in [5.41, 5.74) is 1.30. The highest BCUT2D eigenvalue weighted by atomic mass is 35.5. The Kier molecular flexibility index (Phi) is 5.35. The standard InChI is InChI=1S/C17H15ClN2O4S/c1-3-22-17(21)15-10(2)20-24-16(15)13-9-25-14(19-13)8-23-12-6-4-5-11(18)7-12/h4-7,9H,3,8H2,1-2H3. The van der Waals surface area contributed by atoms with Gasteiger partial charge >= 0.3 is 5.97 Å². The average Bonchev–Trinajstić information content (AvgIpc) is 3.19. The quantitative estimate of drug-likeness (QED) is 0.587. The Morgan fingerprint density at radius 2 is 2.24 bits per heavy atom. The van der Waals surface area contributed by atoms with E-state index in [1.54, 1.807) is 31.4 Å². The predicted molar refractivity (Wildman–Crippen MR) is 94.1 cm³/mol. The van der Waals surface area contributed by atoms with E-state index in [1.165, 1.54) is 11.3 Å².